The molecule has 1 fully saturated rings. The van der Waals surface area contributed by atoms with Gasteiger partial charge in [-0.3, -0.25) is 4.90 Å². The Bertz CT molecular complexity index is 350. The lowest BCUT2D eigenvalue weighted by Crippen LogP contribution is -2.40. The highest BCUT2D eigenvalue weighted by atomic mass is 16.3. The van der Waals surface area contributed by atoms with Crippen molar-refractivity contribution in [3.63, 3.8) is 0 Å². The average molecular weight is 219 g/mol. The molecule has 2 unspecified atom stereocenters. The maximum absolute atomic E-state index is 9.44. The summed E-state index contributed by atoms with van der Waals surface area (Å²) in [5.74, 6) is 1.17. The van der Waals surface area contributed by atoms with Gasteiger partial charge < -0.3 is 5.11 Å². The summed E-state index contributed by atoms with van der Waals surface area (Å²) in [5, 5.41) is 9.44. The van der Waals surface area contributed by atoms with Crippen LogP contribution in [0.5, 0.6) is 5.75 Å². The molecule has 1 saturated heterocycles. The zero-order valence-corrected chi connectivity index (χ0v) is 10.2. The number of phenols is 1. The van der Waals surface area contributed by atoms with Crippen molar-refractivity contribution in [2.45, 2.75) is 39.3 Å². The largest absolute Gasteiger partial charge is 0.508 e. The minimum atomic E-state index is 0.371. The van der Waals surface area contributed by atoms with Gasteiger partial charge in [0.15, 0.2) is 0 Å². The van der Waals surface area contributed by atoms with E-state index in [2.05, 4.69) is 24.8 Å². The van der Waals surface area contributed by atoms with Crippen molar-refractivity contribution in [2.24, 2.45) is 5.92 Å². The average Bonchev–Trinajstić information content (AvgIpc) is 2.24. The van der Waals surface area contributed by atoms with E-state index < -0.39 is 0 Å². The number of hydrogen-bond acceptors (Lipinski definition) is 2. The summed E-state index contributed by atoms with van der Waals surface area (Å²) >= 11 is 0. The minimum Gasteiger partial charge on any atom is -0.508 e. The summed E-state index contributed by atoms with van der Waals surface area (Å²) in [7, 11) is 0. The number of aromatic hydroxyl groups is 1. The van der Waals surface area contributed by atoms with Gasteiger partial charge in [-0.25, -0.2) is 0 Å². The lowest BCUT2D eigenvalue weighted by molar-refractivity contribution is 0.117. The van der Waals surface area contributed by atoms with Gasteiger partial charge in [0.05, 0.1) is 0 Å². The van der Waals surface area contributed by atoms with Crippen LogP contribution in [0.3, 0.4) is 0 Å². The van der Waals surface area contributed by atoms with Gasteiger partial charge in [-0.1, -0.05) is 19.1 Å². The van der Waals surface area contributed by atoms with Crippen molar-refractivity contribution in [2.75, 3.05) is 6.54 Å². The molecule has 1 heterocycles. The molecule has 0 radical (unpaired) electrons. The third-order valence-electron chi connectivity index (χ3n) is 3.54. The second kappa shape index (κ2) is 4.88. The first-order valence-electron chi connectivity index (χ1n) is 6.17. The Morgan fingerprint density at radius 1 is 1.31 bits per heavy atom. The highest BCUT2D eigenvalue weighted by Crippen LogP contribution is 2.23. The highest BCUT2D eigenvalue weighted by molar-refractivity contribution is 5.27. The third-order valence-corrected chi connectivity index (χ3v) is 3.54. The van der Waals surface area contributed by atoms with E-state index in [-0.39, 0.29) is 0 Å². The fourth-order valence-corrected chi connectivity index (χ4v) is 2.49. The summed E-state index contributed by atoms with van der Waals surface area (Å²) in [6.45, 7) is 6.76. The summed E-state index contributed by atoms with van der Waals surface area (Å²) in [4.78, 5) is 2.52. The molecule has 2 heteroatoms. The summed E-state index contributed by atoms with van der Waals surface area (Å²) in [6.07, 6.45) is 2.64. The van der Waals surface area contributed by atoms with Gasteiger partial charge in [0.25, 0.3) is 0 Å². The zero-order chi connectivity index (χ0) is 11.5. The Morgan fingerprint density at radius 3 is 2.88 bits per heavy atom. The minimum absolute atomic E-state index is 0.371. The molecule has 1 aromatic rings. The number of piperidine rings is 1. The van der Waals surface area contributed by atoms with Crippen molar-refractivity contribution in [1.29, 1.82) is 0 Å². The molecule has 1 aromatic carbocycles. The van der Waals surface area contributed by atoms with Crippen LogP contribution in [0, 0.1) is 5.92 Å². The molecule has 1 N–H and O–H groups in total. The molecule has 16 heavy (non-hydrogen) atoms. The number of benzene rings is 1. The Labute approximate surface area is 97.9 Å². The van der Waals surface area contributed by atoms with E-state index in [1.807, 2.05) is 12.1 Å². The first-order chi connectivity index (χ1) is 7.65. The van der Waals surface area contributed by atoms with Gasteiger partial charge in [0, 0.05) is 19.1 Å². The van der Waals surface area contributed by atoms with Crippen molar-refractivity contribution >= 4 is 0 Å². The first-order valence-corrected chi connectivity index (χ1v) is 6.17. The van der Waals surface area contributed by atoms with Gasteiger partial charge in [0.1, 0.15) is 5.75 Å². The highest BCUT2D eigenvalue weighted by Gasteiger charge is 2.22. The van der Waals surface area contributed by atoms with Crippen molar-refractivity contribution in [3.05, 3.63) is 29.8 Å². The Kier molecular flexibility index (Phi) is 3.49. The van der Waals surface area contributed by atoms with E-state index >= 15 is 0 Å². The third kappa shape index (κ3) is 2.76. The fraction of sp³-hybridized carbons (Fsp3) is 0.571. The van der Waals surface area contributed by atoms with Gasteiger partial charge in [-0.2, -0.15) is 0 Å². The van der Waals surface area contributed by atoms with E-state index in [4.69, 9.17) is 0 Å². The molecule has 2 nitrogen and oxygen atoms in total. The predicted molar refractivity (Wildman–Crippen MR) is 66.4 cm³/mol. The maximum Gasteiger partial charge on any atom is 0.115 e. The Morgan fingerprint density at radius 2 is 2.12 bits per heavy atom. The van der Waals surface area contributed by atoms with E-state index in [1.165, 1.54) is 24.9 Å². The summed E-state index contributed by atoms with van der Waals surface area (Å²) in [6, 6.07) is 8.27. The SMILES string of the molecule is CC1CCC(C)N(Cc2cccc(O)c2)C1. The molecule has 1 aliphatic rings. The number of hydrogen-bond donors (Lipinski definition) is 1. The lowest BCUT2D eigenvalue weighted by Gasteiger charge is -2.36. The predicted octanol–water partition coefficient (Wildman–Crippen LogP) is 3.01. The van der Waals surface area contributed by atoms with Crippen LogP contribution in [0.4, 0.5) is 0 Å². The molecular formula is C14H21NO. The molecule has 0 amide bonds. The molecule has 2 rings (SSSR count). The molecule has 0 aliphatic carbocycles. The van der Waals surface area contributed by atoms with Gasteiger partial charge >= 0.3 is 0 Å². The zero-order valence-electron chi connectivity index (χ0n) is 10.2. The van der Waals surface area contributed by atoms with Crippen molar-refractivity contribution in [1.82, 2.24) is 4.90 Å². The number of rotatable bonds is 2. The number of phenolic OH excluding ortho intramolecular Hbond substituents is 1. The van der Waals surface area contributed by atoms with Gasteiger partial charge in [0.2, 0.25) is 0 Å². The van der Waals surface area contributed by atoms with Gasteiger partial charge in [-0.15, -0.1) is 0 Å². The molecule has 88 valence electrons. The topological polar surface area (TPSA) is 23.5 Å². The molecule has 0 spiro atoms. The Balaban J connectivity index is 2.02. The van der Waals surface area contributed by atoms with Crippen LogP contribution in [0.25, 0.3) is 0 Å². The molecule has 1 aliphatic heterocycles. The van der Waals surface area contributed by atoms with Gasteiger partial charge in [-0.05, 0) is 43.4 Å². The number of nitrogens with zero attached hydrogens (tertiary/aromatic N) is 1. The van der Waals surface area contributed by atoms with Crippen LogP contribution in [-0.2, 0) is 6.54 Å². The van der Waals surface area contributed by atoms with Crippen LogP contribution in [0.15, 0.2) is 24.3 Å². The van der Waals surface area contributed by atoms with Crippen molar-refractivity contribution in [3.8, 4) is 5.75 Å². The molecular weight excluding hydrogens is 198 g/mol. The van der Waals surface area contributed by atoms with E-state index in [9.17, 15) is 5.11 Å². The Hall–Kier alpha value is -1.02. The number of likely N-dealkylation sites (tertiary alicyclic amines) is 1. The molecule has 2 atom stereocenters. The molecule has 0 bridgehead atoms. The molecule has 0 aromatic heterocycles. The normalized spacial score (nSPS) is 26.9. The molecule has 0 saturated carbocycles. The standard InChI is InChI=1S/C14H21NO/c1-11-6-7-12(2)15(9-11)10-13-4-3-5-14(16)8-13/h3-5,8,11-12,16H,6-7,9-10H2,1-2H3. The van der Waals surface area contributed by atoms with Crippen LogP contribution in [0.1, 0.15) is 32.3 Å². The second-order valence-corrected chi connectivity index (χ2v) is 5.13. The van der Waals surface area contributed by atoms with E-state index in [0.717, 1.165) is 12.5 Å². The van der Waals surface area contributed by atoms with E-state index in [0.29, 0.717) is 11.8 Å². The first kappa shape index (κ1) is 11.5. The summed E-state index contributed by atoms with van der Waals surface area (Å²) < 4.78 is 0. The monoisotopic (exact) mass is 219 g/mol. The van der Waals surface area contributed by atoms with E-state index in [1.54, 1.807) is 6.07 Å². The maximum atomic E-state index is 9.44. The summed E-state index contributed by atoms with van der Waals surface area (Å²) in [5.41, 5.74) is 1.21. The fourth-order valence-electron chi connectivity index (χ4n) is 2.49. The smallest absolute Gasteiger partial charge is 0.115 e. The van der Waals surface area contributed by atoms with Crippen molar-refractivity contribution < 1.29 is 5.11 Å². The van der Waals surface area contributed by atoms with Crippen LogP contribution < -0.4 is 0 Å². The van der Waals surface area contributed by atoms with Crippen LogP contribution in [0.2, 0.25) is 0 Å². The second-order valence-electron chi connectivity index (χ2n) is 5.13. The van der Waals surface area contributed by atoms with Crippen LogP contribution in [-0.4, -0.2) is 22.6 Å². The lowest BCUT2D eigenvalue weighted by atomic mass is 9.94. The quantitative estimate of drug-likeness (QED) is 0.826. The van der Waals surface area contributed by atoms with Crippen LogP contribution >= 0.6 is 0 Å².